The van der Waals surface area contributed by atoms with Crippen molar-refractivity contribution >= 4 is 22.6 Å². The highest BCUT2D eigenvalue weighted by molar-refractivity contribution is 6.07. The number of aromatic nitrogens is 2. The highest BCUT2D eigenvalue weighted by Gasteiger charge is 2.29. The second kappa shape index (κ2) is 7.35. The normalized spacial score (nSPS) is 16.7. The van der Waals surface area contributed by atoms with Gasteiger partial charge in [-0.1, -0.05) is 36.4 Å². The molecule has 29 heavy (non-hydrogen) atoms. The molecule has 3 aromatic rings. The first kappa shape index (κ1) is 17.9. The molecule has 6 heteroatoms. The number of aryl methyl sites for hydroxylation is 1. The molecule has 2 amide bonds. The molecule has 6 nitrogen and oxygen atoms in total. The van der Waals surface area contributed by atoms with E-state index in [1.54, 1.807) is 6.20 Å². The molecule has 3 heterocycles. The summed E-state index contributed by atoms with van der Waals surface area (Å²) < 4.78 is 1.97. The van der Waals surface area contributed by atoms with Crippen molar-refractivity contribution < 1.29 is 9.59 Å². The fraction of sp³-hybridized carbons (Fsp3) is 0.348. The summed E-state index contributed by atoms with van der Waals surface area (Å²) in [6.07, 6.45) is 4.87. The number of piperazine rings is 1. The Balaban J connectivity index is 1.29. The van der Waals surface area contributed by atoms with Gasteiger partial charge in [-0.3, -0.25) is 14.3 Å². The number of carbonyl (C=O) groups excluding carboxylic acids is 2. The van der Waals surface area contributed by atoms with Crippen molar-refractivity contribution in [3.8, 4) is 0 Å². The van der Waals surface area contributed by atoms with Crippen LogP contribution in [0.25, 0.3) is 10.8 Å². The number of fused-ring (bicyclic) bond motifs is 2. The summed E-state index contributed by atoms with van der Waals surface area (Å²) in [5, 5.41) is 6.43. The minimum Gasteiger partial charge on any atom is -0.335 e. The van der Waals surface area contributed by atoms with Gasteiger partial charge in [0.05, 0.1) is 17.5 Å². The maximum absolute atomic E-state index is 13.1. The zero-order valence-corrected chi connectivity index (χ0v) is 16.4. The molecule has 0 aliphatic carbocycles. The lowest BCUT2D eigenvalue weighted by Gasteiger charge is -2.35. The van der Waals surface area contributed by atoms with Crippen LogP contribution in [0.1, 0.15) is 39.3 Å². The van der Waals surface area contributed by atoms with E-state index in [9.17, 15) is 9.59 Å². The topological polar surface area (TPSA) is 58.4 Å². The molecule has 1 saturated heterocycles. The summed E-state index contributed by atoms with van der Waals surface area (Å²) in [5.74, 6) is 0.0854. The summed E-state index contributed by atoms with van der Waals surface area (Å²) in [6.45, 7) is 3.12. The van der Waals surface area contributed by atoms with Gasteiger partial charge in [0.15, 0.2) is 0 Å². The van der Waals surface area contributed by atoms with Gasteiger partial charge in [-0.25, -0.2) is 0 Å². The van der Waals surface area contributed by atoms with Crippen molar-refractivity contribution in [1.82, 2.24) is 19.6 Å². The number of hydrogen-bond acceptors (Lipinski definition) is 3. The second-order valence-corrected chi connectivity index (χ2v) is 7.80. The number of nitrogens with zero attached hydrogens (tertiary/aromatic N) is 4. The Morgan fingerprint density at radius 3 is 2.24 bits per heavy atom. The Morgan fingerprint density at radius 1 is 0.759 bits per heavy atom. The predicted molar refractivity (Wildman–Crippen MR) is 111 cm³/mol. The number of hydrogen-bond donors (Lipinski definition) is 0. The average Bonchev–Trinajstić information content (AvgIpc) is 3.22. The molecular formula is C23H24N4O2. The van der Waals surface area contributed by atoms with E-state index in [1.807, 2.05) is 56.9 Å². The zero-order valence-electron chi connectivity index (χ0n) is 16.4. The van der Waals surface area contributed by atoms with Crippen molar-refractivity contribution in [1.29, 1.82) is 0 Å². The minimum atomic E-state index is 0.0387. The van der Waals surface area contributed by atoms with E-state index >= 15 is 0 Å². The van der Waals surface area contributed by atoms with E-state index in [2.05, 4.69) is 5.10 Å². The highest BCUT2D eigenvalue weighted by Crippen LogP contribution is 2.22. The molecule has 2 aliphatic rings. The summed E-state index contributed by atoms with van der Waals surface area (Å²) in [6, 6.07) is 13.8. The van der Waals surface area contributed by atoms with Crippen LogP contribution in [0.3, 0.4) is 0 Å². The fourth-order valence-corrected chi connectivity index (χ4v) is 4.46. The number of benzene rings is 2. The van der Waals surface area contributed by atoms with Crippen LogP contribution >= 0.6 is 0 Å². The van der Waals surface area contributed by atoms with Crippen LogP contribution in [0, 0.1) is 0 Å². The Morgan fingerprint density at radius 2 is 1.45 bits per heavy atom. The van der Waals surface area contributed by atoms with E-state index in [0.29, 0.717) is 26.2 Å². The van der Waals surface area contributed by atoms with Crippen LogP contribution in [0.15, 0.2) is 48.7 Å². The molecule has 2 aromatic carbocycles. The molecule has 1 aromatic heterocycles. The van der Waals surface area contributed by atoms with Gasteiger partial charge in [-0.15, -0.1) is 0 Å². The van der Waals surface area contributed by atoms with E-state index in [1.165, 1.54) is 0 Å². The van der Waals surface area contributed by atoms with Gasteiger partial charge in [0, 0.05) is 38.3 Å². The molecule has 0 radical (unpaired) electrons. The predicted octanol–water partition coefficient (Wildman–Crippen LogP) is 2.97. The SMILES string of the molecule is O=C(c1cnn2c1CCCC2)N1CCN(C(=O)c2cccc3ccccc23)CC1. The summed E-state index contributed by atoms with van der Waals surface area (Å²) in [7, 11) is 0. The van der Waals surface area contributed by atoms with Crippen molar-refractivity contribution in [2.24, 2.45) is 0 Å². The maximum Gasteiger partial charge on any atom is 0.257 e. The van der Waals surface area contributed by atoms with Gasteiger partial charge >= 0.3 is 0 Å². The molecular weight excluding hydrogens is 364 g/mol. The van der Waals surface area contributed by atoms with E-state index in [-0.39, 0.29) is 11.8 Å². The molecule has 0 spiro atoms. The Hall–Kier alpha value is -3.15. The lowest BCUT2D eigenvalue weighted by Crippen LogP contribution is -2.50. The Labute approximate surface area is 169 Å². The lowest BCUT2D eigenvalue weighted by molar-refractivity contribution is 0.0535. The monoisotopic (exact) mass is 388 g/mol. The molecule has 148 valence electrons. The van der Waals surface area contributed by atoms with Crippen LogP contribution < -0.4 is 0 Å². The average molecular weight is 388 g/mol. The lowest BCUT2D eigenvalue weighted by atomic mass is 10.0. The van der Waals surface area contributed by atoms with Gasteiger partial charge in [-0.2, -0.15) is 5.10 Å². The first-order valence-electron chi connectivity index (χ1n) is 10.3. The summed E-state index contributed by atoms with van der Waals surface area (Å²) in [5.41, 5.74) is 2.53. The third-order valence-electron chi connectivity index (χ3n) is 6.09. The zero-order chi connectivity index (χ0) is 19.8. The molecule has 0 saturated carbocycles. The van der Waals surface area contributed by atoms with Crippen LogP contribution in [0.4, 0.5) is 0 Å². The number of rotatable bonds is 2. The van der Waals surface area contributed by atoms with Crippen molar-refractivity contribution in [3.05, 3.63) is 65.5 Å². The van der Waals surface area contributed by atoms with Crippen LogP contribution in [0.2, 0.25) is 0 Å². The summed E-state index contributed by atoms with van der Waals surface area (Å²) in [4.78, 5) is 29.9. The molecule has 0 atom stereocenters. The van der Waals surface area contributed by atoms with Gasteiger partial charge < -0.3 is 9.80 Å². The van der Waals surface area contributed by atoms with Crippen LogP contribution in [0.5, 0.6) is 0 Å². The molecule has 1 fully saturated rings. The van der Waals surface area contributed by atoms with E-state index in [0.717, 1.165) is 53.4 Å². The first-order chi connectivity index (χ1) is 14.2. The summed E-state index contributed by atoms with van der Waals surface area (Å²) >= 11 is 0. The highest BCUT2D eigenvalue weighted by atomic mass is 16.2. The second-order valence-electron chi connectivity index (χ2n) is 7.80. The number of amides is 2. The first-order valence-corrected chi connectivity index (χ1v) is 10.3. The van der Waals surface area contributed by atoms with E-state index in [4.69, 9.17) is 0 Å². The third kappa shape index (κ3) is 3.18. The smallest absolute Gasteiger partial charge is 0.257 e. The molecule has 0 unspecified atom stereocenters. The number of carbonyl (C=O) groups is 2. The van der Waals surface area contributed by atoms with E-state index < -0.39 is 0 Å². The van der Waals surface area contributed by atoms with Crippen LogP contribution in [-0.4, -0.2) is 57.6 Å². The van der Waals surface area contributed by atoms with Crippen LogP contribution in [-0.2, 0) is 13.0 Å². The van der Waals surface area contributed by atoms with Crippen molar-refractivity contribution in [3.63, 3.8) is 0 Å². The molecule has 2 aliphatic heterocycles. The molecule has 0 bridgehead atoms. The Kier molecular flexibility index (Phi) is 4.54. The van der Waals surface area contributed by atoms with Gasteiger partial charge in [0.25, 0.3) is 11.8 Å². The van der Waals surface area contributed by atoms with Gasteiger partial charge in [-0.05, 0) is 36.1 Å². The third-order valence-corrected chi connectivity index (χ3v) is 6.09. The molecule has 5 rings (SSSR count). The molecule has 0 N–H and O–H groups in total. The largest absolute Gasteiger partial charge is 0.335 e. The van der Waals surface area contributed by atoms with Gasteiger partial charge in [0.1, 0.15) is 0 Å². The fourth-order valence-electron chi connectivity index (χ4n) is 4.46. The van der Waals surface area contributed by atoms with Gasteiger partial charge in [0.2, 0.25) is 0 Å². The quantitative estimate of drug-likeness (QED) is 0.678. The van der Waals surface area contributed by atoms with Crippen molar-refractivity contribution in [2.75, 3.05) is 26.2 Å². The maximum atomic E-state index is 13.1. The Bertz CT molecular complexity index is 1070. The standard InChI is InChI=1S/C23H24N4O2/c28-22(19-9-5-7-17-6-1-2-8-18(17)19)25-12-14-26(15-13-25)23(29)20-16-24-27-11-4-3-10-21(20)27/h1-2,5-9,16H,3-4,10-15H2. The van der Waals surface area contributed by atoms with Crippen molar-refractivity contribution in [2.45, 2.75) is 25.8 Å². The minimum absolute atomic E-state index is 0.0387.